The SMILES string of the molecule is C=c1c(-c2cc(N3CCN(C(=O)CO)CC3)ncn2)n[nH]/c1=C/C(F)=C(\C)OC1(C)CC1. The number of nitrogens with zero attached hydrogens (tertiary/aromatic N) is 5. The van der Waals surface area contributed by atoms with Crippen molar-refractivity contribution in [2.24, 2.45) is 0 Å². The summed E-state index contributed by atoms with van der Waals surface area (Å²) in [4.78, 5) is 24.0. The van der Waals surface area contributed by atoms with Crippen LogP contribution >= 0.6 is 0 Å². The summed E-state index contributed by atoms with van der Waals surface area (Å²) in [6.07, 6.45) is 4.63. The Bertz CT molecular complexity index is 1150. The number of carbonyl (C=O) groups excluding carboxylic acids is 1. The minimum atomic E-state index is -0.483. The number of rotatable bonds is 6. The van der Waals surface area contributed by atoms with Gasteiger partial charge < -0.3 is 19.6 Å². The Morgan fingerprint density at radius 1 is 1.34 bits per heavy atom. The highest BCUT2D eigenvalue weighted by molar-refractivity contribution is 5.77. The molecule has 2 aliphatic rings. The zero-order valence-corrected chi connectivity index (χ0v) is 18.3. The minimum absolute atomic E-state index is 0.240. The molecule has 170 valence electrons. The molecule has 9 nitrogen and oxygen atoms in total. The number of aromatic nitrogens is 4. The van der Waals surface area contributed by atoms with E-state index in [9.17, 15) is 9.18 Å². The van der Waals surface area contributed by atoms with Crippen LogP contribution in [0.2, 0.25) is 0 Å². The minimum Gasteiger partial charge on any atom is -0.489 e. The molecule has 2 aromatic rings. The molecule has 10 heteroatoms. The quantitative estimate of drug-likeness (QED) is 0.626. The van der Waals surface area contributed by atoms with Crippen LogP contribution in [-0.2, 0) is 9.53 Å². The molecule has 1 aliphatic heterocycles. The molecule has 0 unspecified atom stereocenters. The lowest BCUT2D eigenvalue weighted by atomic mass is 10.2. The summed E-state index contributed by atoms with van der Waals surface area (Å²) in [5.74, 6) is 0.191. The molecular weight excluding hydrogens is 415 g/mol. The zero-order chi connectivity index (χ0) is 22.9. The standard InChI is InChI=1S/C22H27FN6O3/c1-14-17(10-16(23)15(2)32-22(3)4-5-22)26-27-21(14)18-11-19(25-13-24-18)28-6-8-29(9-7-28)20(31)12-30/h10-11,13,26,30H,1,4-9,12H2,2-3H3/b16-15-,17-10+. The first kappa shape index (κ1) is 21.9. The molecular formula is C22H27FN6O3. The number of allylic oxidation sites excluding steroid dienone is 2. The summed E-state index contributed by atoms with van der Waals surface area (Å²) in [5, 5.41) is 17.1. The van der Waals surface area contributed by atoms with Gasteiger partial charge in [0.25, 0.3) is 0 Å². The summed E-state index contributed by atoms with van der Waals surface area (Å²) < 4.78 is 20.3. The average Bonchev–Trinajstić information content (AvgIpc) is 3.42. The van der Waals surface area contributed by atoms with Gasteiger partial charge in [0.05, 0.1) is 11.0 Å². The number of aromatic amines is 1. The van der Waals surface area contributed by atoms with Crippen LogP contribution in [-0.4, -0.2) is 74.5 Å². The lowest BCUT2D eigenvalue weighted by Crippen LogP contribution is -2.49. The van der Waals surface area contributed by atoms with E-state index >= 15 is 0 Å². The molecule has 0 radical (unpaired) electrons. The van der Waals surface area contributed by atoms with Gasteiger partial charge in [-0.2, -0.15) is 5.10 Å². The number of halogens is 1. The molecule has 1 aliphatic carbocycles. The van der Waals surface area contributed by atoms with Crippen LogP contribution in [0.5, 0.6) is 0 Å². The number of carbonyl (C=O) groups is 1. The van der Waals surface area contributed by atoms with Crippen molar-refractivity contribution in [2.75, 3.05) is 37.7 Å². The van der Waals surface area contributed by atoms with Gasteiger partial charge in [-0.1, -0.05) is 6.58 Å². The van der Waals surface area contributed by atoms with Gasteiger partial charge in [0, 0.05) is 43.5 Å². The predicted octanol–water partition coefficient (Wildman–Crippen LogP) is 0.468. The third-order valence-electron chi connectivity index (χ3n) is 5.85. The van der Waals surface area contributed by atoms with Crippen molar-refractivity contribution in [1.82, 2.24) is 25.1 Å². The van der Waals surface area contributed by atoms with E-state index in [0.29, 0.717) is 54.0 Å². The Hall–Kier alpha value is -3.27. The summed E-state index contributed by atoms with van der Waals surface area (Å²) in [5.41, 5.74) is 0.817. The van der Waals surface area contributed by atoms with Gasteiger partial charge in [-0.25, -0.2) is 14.4 Å². The summed E-state index contributed by atoms with van der Waals surface area (Å²) in [7, 11) is 0. The number of ether oxygens (including phenoxy) is 1. The summed E-state index contributed by atoms with van der Waals surface area (Å²) >= 11 is 0. The van der Waals surface area contributed by atoms with Crippen LogP contribution in [0.1, 0.15) is 26.7 Å². The van der Waals surface area contributed by atoms with Crippen LogP contribution in [0.15, 0.2) is 24.0 Å². The van der Waals surface area contributed by atoms with Crippen LogP contribution in [0.25, 0.3) is 24.0 Å². The van der Waals surface area contributed by atoms with E-state index in [0.717, 1.165) is 12.8 Å². The molecule has 32 heavy (non-hydrogen) atoms. The molecule has 4 rings (SSSR count). The number of aliphatic hydroxyl groups excluding tert-OH is 1. The first-order valence-corrected chi connectivity index (χ1v) is 10.6. The number of hydrogen-bond donors (Lipinski definition) is 2. The van der Waals surface area contributed by atoms with E-state index in [-0.39, 0.29) is 17.3 Å². The van der Waals surface area contributed by atoms with Crippen LogP contribution < -0.4 is 15.5 Å². The van der Waals surface area contributed by atoms with Gasteiger partial charge in [0.2, 0.25) is 5.91 Å². The van der Waals surface area contributed by atoms with Crippen LogP contribution in [0.4, 0.5) is 10.2 Å². The number of aliphatic hydroxyl groups is 1. The molecule has 1 amide bonds. The number of nitrogens with one attached hydrogen (secondary N) is 1. The van der Waals surface area contributed by atoms with E-state index in [4.69, 9.17) is 9.84 Å². The van der Waals surface area contributed by atoms with Crippen molar-refractivity contribution in [3.63, 3.8) is 0 Å². The predicted molar refractivity (Wildman–Crippen MR) is 117 cm³/mol. The van der Waals surface area contributed by atoms with Crippen LogP contribution in [0.3, 0.4) is 0 Å². The van der Waals surface area contributed by atoms with Gasteiger partial charge in [0.1, 0.15) is 35.8 Å². The number of amides is 1. The maximum Gasteiger partial charge on any atom is 0.248 e. The van der Waals surface area contributed by atoms with Gasteiger partial charge in [0.15, 0.2) is 5.83 Å². The van der Waals surface area contributed by atoms with Crippen molar-refractivity contribution >= 4 is 24.4 Å². The third-order valence-corrected chi connectivity index (χ3v) is 5.85. The lowest BCUT2D eigenvalue weighted by Gasteiger charge is -2.35. The Balaban J connectivity index is 1.53. The summed E-state index contributed by atoms with van der Waals surface area (Å²) in [6, 6.07) is 1.80. The first-order valence-electron chi connectivity index (χ1n) is 10.6. The van der Waals surface area contributed by atoms with Crippen molar-refractivity contribution in [3.8, 4) is 11.4 Å². The van der Waals surface area contributed by atoms with E-state index in [1.165, 1.54) is 12.4 Å². The van der Waals surface area contributed by atoms with Crippen molar-refractivity contribution in [3.05, 3.63) is 34.5 Å². The molecule has 0 spiro atoms. The van der Waals surface area contributed by atoms with Crippen molar-refractivity contribution in [2.45, 2.75) is 32.3 Å². The Labute approximate surface area is 184 Å². The Kier molecular flexibility index (Phi) is 5.96. The fourth-order valence-electron chi connectivity index (χ4n) is 3.57. The second kappa shape index (κ2) is 8.70. The van der Waals surface area contributed by atoms with Gasteiger partial charge in [-0.15, -0.1) is 0 Å². The maximum absolute atomic E-state index is 14.6. The molecule has 2 fully saturated rings. The third kappa shape index (κ3) is 4.64. The monoisotopic (exact) mass is 442 g/mol. The molecule has 0 atom stereocenters. The number of piperazine rings is 1. The van der Waals surface area contributed by atoms with E-state index in [1.807, 2.05) is 11.8 Å². The molecule has 2 aromatic heterocycles. The number of anilines is 1. The fraction of sp³-hybridized carbons (Fsp3) is 0.455. The average molecular weight is 442 g/mol. The van der Waals surface area contributed by atoms with Gasteiger partial charge >= 0.3 is 0 Å². The molecule has 1 saturated heterocycles. The zero-order valence-electron chi connectivity index (χ0n) is 18.3. The van der Waals surface area contributed by atoms with Crippen LogP contribution in [0, 0.1) is 0 Å². The van der Waals surface area contributed by atoms with Crippen molar-refractivity contribution in [1.29, 1.82) is 0 Å². The topological polar surface area (TPSA) is 107 Å². The van der Waals surface area contributed by atoms with E-state index < -0.39 is 12.4 Å². The normalized spacial score (nSPS) is 19.1. The van der Waals surface area contributed by atoms with Gasteiger partial charge in [-0.3, -0.25) is 9.89 Å². The maximum atomic E-state index is 14.6. The molecule has 2 N–H and O–H groups in total. The highest BCUT2D eigenvalue weighted by Gasteiger charge is 2.40. The largest absolute Gasteiger partial charge is 0.489 e. The lowest BCUT2D eigenvalue weighted by molar-refractivity contribution is -0.134. The Morgan fingerprint density at radius 3 is 2.72 bits per heavy atom. The second-order valence-corrected chi connectivity index (χ2v) is 8.35. The number of hydrogen-bond acceptors (Lipinski definition) is 7. The highest BCUT2D eigenvalue weighted by atomic mass is 19.1. The highest BCUT2D eigenvalue weighted by Crippen LogP contribution is 2.41. The van der Waals surface area contributed by atoms with E-state index in [2.05, 4.69) is 26.7 Å². The molecule has 3 heterocycles. The van der Waals surface area contributed by atoms with Gasteiger partial charge in [-0.05, 0) is 26.7 Å². The second-order valence-electron chi connectivity index (χ2n) is 8.35. The fourth-order valence-corrected chi connectivity index (χ4v) is 3.57. The number of H-pyrrole nitrogens is 1. The first-order chi connectivity index (χ1) is 15.3. The van der Waals surface area contributed by atoms with E-state index in [1.54, 1.807) is 17.9 Å². The summed E-state index contributed by atoms with van der Waals surface area (Å²) in [6.45, 7) is 9.32. The smallest absolute Gasteiger partial charge is 0.248 e. The molecule has 1 saturated carbocycles. The Morgan fingerprint density at radius 2 is 2.06 bits per heavy atom. The van der Waals surface area contributed by atoms with Crippen molar-refractivity contribution < 1.29 is 19.0 Å². The molecule has 0 aromatic carbocycles. The molecule has 0 bridgehead atoms.